The average Bonchev–Trinajstić information content (AvgIpc) is 2.38. The SMILES string of the molecule is O=[N+]([O-])c1ccccc1CNC1CC=CCC1. The predicted molar refractivity (Wildman–Crippen MR) is 66.7 cm³/mol. The van der Waals surface area contributed by atoms with Crippen molar-refractivity contribution >= 4 is 5.69 Å². The molecule has 1 aromatic rings. The van der Waals surface area contributed by atoms with Gasteiger partial charge in [-0.1, -0.05) is 30.4 Å². The second-order valence-electron chi connectivity index (χ2n) is 4.25. The number of hydrogen-bond acceptors (Lipinski definition) is 3. The van der Waals surface area contributed by atoms with Gasteiger partial charge in [0.1, 0.15) is 0 Å². The smallest absolute Gasteiger partial charge is 0.273 e. The molecule has 0 radical (unpaired) electrons. The molecule has 0 saturated heterocycles. The number of nitro benzene ring substituents is 1. The number of nitrogens with one attached hydrogen (secondary N) is 1. The fourth-order valence-corrected chi connectivity index (χ4v) is 2.07. The second-order valence-corrected chi connectivity index (χ2v) is 4.25. The predicted octanol–water partition coefficient (Wildman–Crippen LogP) is 2.79. The third kappa shape index (κ3) is 3.14. The van der Waals surface area contributed by atoms with Crippen LogP contribution in [0.5, 0.6) is 0 Å². The van der Waals surface area contributed by atoms with Gasteiger partial charge in [-0.15, -0.1) is 0 Å². The summed E-state index contributed by atoms with van der Waals surface area (Å²) in [5, 5.41) is 14.2. The van der Waals surface area contributed by atoms with Crippen molar-refractivity contribution in [3.63, 3.8) is 0 Å². The molecular weight excluding hydrogens is 216 g/mol. The Kier molecular flexibility index (Phi) is 3.88. The Hall–Kier alpha value is -1.68. The largest absolute Gasteiger partial charge is 0.309 e. The van der Waals surface area contributed by atoms with Crippen molar-refractivity contribution in [3.8, 4) is 0 Å². The van der Waals surface area contributed by atoms with Gasteiger partial charge in [0, 0.05) is 24.2 Å². The number of allylic oxidation sites excluding steroid dienone is 1. The standard InChI is InChI=1S/C13H16N2O2/c16-15(17)13-9-5-4-6-11(13)10-14-12-7-2-1-3-8-12/h1-2,4-6,9,12,14H,3,7-8,10H2. The van der Waals surface area contributed by atoms with Crippen LogP contribution in [0.3, 0.4) is 0 Å². The van der Waals surface area contributed by atoms with Crippen LogP contribution < -0.4 is 5.32 Å². The van der Waals surface area contributed by atoms with Crippen LogP contribution in [0.2, 0.25) is 0 Å². The molecule has 17 heavy (non-hydrogen) atoms. The van der Waals surface area contributed by atoms with Crippen molar-refractivity contribution in [1.82, 2.24) is 5.32 Å². The first kappa shape index (κ1) is 11.8. The van der Waals surface area contributed by atoms with E-state index in [0.717, 1.165) is 24.8 Å². The second kappa shape index (κ2) is 5.59. The van der Waals surface area contributed by atoms with Crippen LogP contribution in [-0.4, -0.2) is 11.0 Å². The summed E-state index contributed by atoms with van der Waals surface area (Å²) in [5.41, 5.74) is 0.957. The number of nitro groups is 1. The van der Waals surface area contributed by atoms with E-state index in [-0.39, 0.29) is 10.6 Å². The molecule has 2 rings (SSSR count). The van der Waals surface area contributed by atoms with Crippen LogP contribution in [0.4, 0.5) is 5.69 Å². The van der Waals surface area contributed by atoms with Crippen LogP contribution in [-0.2, 0) is 6.54 Å². The monoisotopic (exact) mass is 232 g/mol. The van der Waals surface area contributed by atoms with Gasteiger partial charge >= 0.3 is 0 Å². The number of para-hydroxylation sites is 1. The zero-order chi connectivity index (χ0) is 12.1. The number of rotatable bonds is 4. The van der Waals surface area contributed by atoms with Gasteiger partial charge in [0.05, 0.1) is 4.92 Å². The van der Waals surface area contributed by atoms with Gasteiger partial charge < -0.3 is 5.32 Å². The lowest BCUT2D eigenvalue weighted by Gasteiger charge is -2.19. The lowest BCUT2D eigenvalue weighted by atomic mass is 10.0. The molecular formula is C13H16N2O2. The van der Waals surface area contributed by atoms with Gasteiger partial charge in [0.25, 0.3) is 5.69 Å². The molecule has 1 atom stereocenters. The van der Waals surface area contributed by atoms with E-state index >= 15 is 0 Å². The van der Waals surface area contributed by atoms with E-state index in [1.165, 1.54) is 0 Å². The van der Waals surface area contributed by atoms with Crippen molar-refractivity contribution in [2.45, 2.75) is 31.8 Å². The van der Waals surface area contributed by atoms with E-state index in [1.807, 2.05) is 12.1 Å². The van der Waals surface area contributed by atoms with Gasteiger partial charge in [-0.25, -0.2) is 0 Å². The van der Waals surface area contributed by atoms with Crippen LogP contribution >= 0.6 is 0 Å². The maximum atomic E-state index is 10.8. The molecule has 1 aliphatic carbocycles. The highest BCUT2D eigenvalue weighted by Gasteiger charge is 2.14. The first-order valence-electron chi connectivity index (χ1n) is 5.88. The van der Waals surface area contributed by atoms with Crippen LogP contribution in [0.1, 0.15) is 24.8 Å². The highest BCUT2D eigenvalue weighted by molar-refractivity contribution is 5.39. The van der Waals surface area contributed by atoms with E-state index in [1.54, 1.807) is 12.1 Å². The summed E-state index contributed by atoms with van der Waals surface area (Å²) < 4.78 is 0. The Morgan fingerprint density at radius 3 is 2.88 bits per heavy atom. The fourth-order valence-electron chi connectivity index (χ4n) is 2.07. The Morgan fingerprint density at radius 1 is 1.35 bits per heavy atom. The van der Waals surface area contributed by atoms with Crippen LogP contribution in [0.15, 0.2) is 36.4 Å². The van der Waals surface area contributed by atoms with Gasteiger partial charge in [-0.05, 0) is 19.3 Å². The van der Waals surface area contributed by atoms with E-state index in [4.69, 9.17) is 0 Å². The third-order valence-electron chi connectivity index (χ3n) is 3.04. The first-order valence-corrected chi connectivity index (χ1v) is 5.88. The molecule has 4 nitrogen and oxygen atoms in total. The summed E-state index contributed by atoms with van der Waals surface area (Å²) in [4.78, 5) is 10.5. The topological polar surface area (TPSA) is 55.2 Å². The minimum absolute atomic E-state index is 0.200. The lowest BCUT2D eigenvalue weighted by Crippen LogP contribution is -2.29. The van der Waals surface area contributed by atoms with E-state index in [0.29, 0.717) is 12.6 Å². The summed E-state index contributed by atoms with van der Waals surface area (Å²) >= 11 is 0. The fraction of sp³-hybridized carbons (Fsp3) is 0.385. The van der Waals surface area contributed by atoms with Gasteiger partial charge in [0.15, 0.2) is 0 Å². The molecule has 1 aliphatic rings. The summed E-state index contributed by atoms with van der Waals surface area (Å²) in [6.45, 7) is 0.565. The van der Waals surface area contributed by atoms with E-state index < -0.39 is 0 Å². The number of hydrogen-bond donors (Lipinski definition) is 1. The zero-order valence-electron chi connectivity index (χ0n) is 9.63. The van der Waals surface area contributed by atoms with Gasteiger partial charge in [-0.3, -0.25) is 10.1 Å². The van der Waals surface area contributed by atoms with E-state index in [2.05, 4.69) is 17.5 Å². The van der Waals surface area contributed by atoms with Gasteiger partial charge in [0.2, 0.25) is 0 Å². The first-order chi connectivity index (χ1) is 8.27. The van der Waals surface area contributed by atoms with Crippen molar-refractivity contribution in [1.29, 1.82) is 0 Å². The summed E-state index contributed by atoms with van der Waals surface area (Å²) in [6, 6.07) is 7.34. The molecule has 0 heterocycles. The maximum absolute atomic E-state index is 10.8. The molecule has 1 aromatic carbocycles. The number of nitrogens with zero attached hydrogens (tertiary/aromatic N) is 1. The zero-order valence-corrected chi connectivity index (χ0v) is 9.63. The molecule has 0 bridgehead atoms. The number of benzene rings is 1. The quantitative estimate of drug-likeness (QED) is 0.493. The molecule has 0 amide bonds. The van der Waals surface area contributed by atoms with Crippen molar-refractivity contribution in [2.24, 2.45) is 0 Å². The minimum atomic E-state index is -0.322. The normalized spacial score (nSPS) is 19.2. The molecule has 1 unspecified atom stereocenters. The summed E-state index contributed by atoms with van der Waals surface area (Å²) in [5.74, 6) is 0. The Balaban J connectivity index is 1.98. The van der Waals surface area contributed by atoms with Gasteiger partial charge in [-0.2, -0.15) is 0 Å². The summed E-state index contributed by atoms with van der Waals surface area (Å²) in [6.07, 6.45) is 7.57. The van der Waals surface area contributed by atoms with Crippen molar-refractivity contribution < 1.29 is 4.92 Å². The third-order valence-corrected chi connectivity index (χ3v) is 3.04. The molecule has 0 aromatic heterocycles. The maximum Gasteiger partial charge on any atom is 0.273 e. The molecule has 0 aliphatic heterocycles. The van der Waals surface area contributed by atoms with Crippen LogP contribution in [0, 0.1) is 10.1 Å². The Bertz CT molecular complexity index is 429. The Morgan fingerprint density at radius 2 is 2.18 bits per heavy atom. The van der Waals surface area contributed by atoms with Crippen molar-refractivity contribution in [3.05, 3.63) is 52.1 Å². The van der Waals surface area contributed by atoms with E-state index in [9.17, 15) is 10.1 Å². The summed E-state index contributed by atoms with van der Waals surface area (Å²) in [7, 11) is 0. The average molecular weight is 232 g/mol. The van der Waals surface area contributed by atoms with Crippen molar-refractivity contribution in [2.75, 3.05) is 0 Å². The molecule has 0 saturated carbocycles. The molecule has 4 heteroatoms. The van der Waals surface area contributed by atoms with Crippen LogP contribution in [0.25, 0.3) is 0 Å². The molecule has 0 spiro atoms. The highest BCUT2D eigenvalue weighted by atomic mass is 16.6. The Labute approximate surface area is 100 Å². The molecule has 0 fully saturated rings. The lowest BCUT2D eigenvalue weighted by molar-refractivity contribution is -0.385. The molecule has 1 N–H and O–H groups in total. The minimum Gasteiger partial charge on any atom is -0.309 e. The highest BCUT2D eigenvalue weighted by Crippen LogP contribution is 2.18. The molecule has 90 valence electrons.